The van der Waals surface area contributed by atoms with Crippen LogP contribution in [0.15, 0.2) is 48.5 Å². The Morgan fingerprint density at radius 3 is 2.63 bits per heavy atom. The number of nitro groups is 1. The molecule has 0 saturated heterocycles. The Balaban J connectivity index is 1.68. The minimum absolute atomic E-state index is 0.0284. The number of rotatable bonds is 5. The summed E-state index contributed by atoms with van der Waals surface area (Å²) in [5.41, 5.74) is 1.70. The molecule has 0 radical (unpaired) electrons. The maximum atomic E-state index is 12.0. The van der Waals surface area contributed by atoms with E-state index in [0.29, 0.717) is 20.9 Å². The molecule has 9 heteroatoms. The molecule has 0 saturated carbocycles. The Bertz CT molecular complexity index is 1060. The number of anilines is 1. The summed E-state index contributed by atoms with van der Waals surface area (Å²) in [6, 6.07) is 10.9. The van der Waals surface area contributed by atoms with Gasteiger partial charge in [0, 0.05) is 18.2 Å². The van der Waals surface area contributed by atoms with Gasteiger partial charge in [0.2, 0.25) is 5.91 Å². The predicted octanol–water partition coefficient (Wildman–Crippen LogP) is 3.64. The number of nitro benzene ring substituents is 1. The number of amides is 1. The van der Waals surface area contributed by atoms with Crippen LogP contribution in [0, 0.1) is 10.1 Å². The molecule has 8 nitrogen and oxygen atoms in total. The van der Waals surface area contributed by atoms with Gasteiger partial charge in [0.15, 0.2) is 5.13 Å². The van der Waals surface area contributed by atoms with E-state index in [1.165, 1.54) is 25.3 Å². The van der Waals surface area contributed by atoms with Gasteiger partial charge in [0.25, 0.3) is 5.69 Å². The van der Waals surface area contributed by atoms with Crippen molar-refractivity contribution in [3.63, 3.8) is 0 Å². The number of hydrogen-bond donors (Lipinski definition) is 1. The number of ether oxygens (including phenoxy) is 1. The summed E-state index contributed by atoms with van der Waals surface area (Å²) in [6.07, 6.45) is 2.93. The summed E-state index contributed by atoms with van der Waals surface area (Å²) >= 11 is 1.15. The van der Waals surface area contributed by atoms with Crippen molar-refractivity contribution in [2.45, 2.75) is 0 Å². The molecule has 0 unspecified atom stereocenters. The normalized spacial score (nSPS) is 10.9. The Labute approximate surface area is 157 Å². The fraction of sp³-hybridized carbons (Fsp3) is 0.0556. The minimum Gasteiger partial charge on any atom is -0.465 e. The number of thiazole rings is 1. The molecule has 2 aromatic carbocycles. The number of carbonyl (C=O) groups excluding carboxylic acids is 2. The number of aromatic nitrogens is 1. The van der Waals surface area contributed by atoms with Gasteiger partial charge in [-0.3, -0.25) is 20.2 Å². The molecule has 0 spiro atoms. The number of methoxy groups -OCH3 is 1. The molecule has 1 N–H and O–H groups in total. The number of esters is 1. The molecular weight excluding hydrogens is 370 g/mol. The Kier molecular flexibility index (Phi) is 5.23. The van der Waals surface area contributed by atoms with E-state index in [1.807, 2.05) is 0 Å². The summed E-state index contributed by atoms with van der Waals surface area (Å²) in [5.74, 6) is -0.819. The topological polar surface area (TPSA) is 111 Å². The Morgan fingerprint density at radius 2 is 1.96 bits per heavy atom. The molecule has 0 atom stereocenters. The molecule has 0 aliphatic heterocycles. The molecule has 0 aliphatic carbocycles. The van der Waals surface area contributed by atoms with E-state index in [0.717, 1.165) is 16.9 Å². The fourth-order valence-corrected chi connectivity index (χ4v) is 3.15. The molecule has 27 heavy (non-hydrogen) atoms. The minimum atomic E-state index is -0.481. The third kappa shape index (κ3) is 4.33. The monoisotopic (exact) mass is 383 g/mol. The third-order valence-corrected chi connectivity index (χ3v) is 4.51. The van der Waals surface area contributed by atoms with Crippen LogP contribution in [0.4, 0.5) is 10.8 Å². The largest absolute Gasteiger partial charge is 0.465 e. The van der Waals surface area contributed by atoms with Crippen LogP contribution in [0.25, 0.3) is 16.3 Å². The first-order valence-electron chi connectivity index (χ1n) is 7.68. The zero-order valence-electron chi connectivity index (χ0n) is 14.0. The first-order chi connectivity index (χ1) is 13.0. The molecule has 3 rings (SSSR count). The van der Waals surface area contributed by atoms with Gasteiger partial charge in [-0.05, 0) is 29.8 Å². The van der Waals surface area contributed by atoms with Crippen LogP contribution in [0.2, 0.25) is 0 Å². The molecule has 0 fully saturated rings. The van der Waals surface area contributed by atoms with Crippen molar-refractivity contribution in [1.29, 1.82) is 0 Å². The molecule has 0 aliphatic rings. The van der Waals surface area contributed by atoms with Gasteiger partial charge in [-0.2, -0.15) is 0 Å². The standard InChI is InChI=1S/C18H13N3O5S/c1-26-17(23)12-5-2-11(3-6-12)4-9-16(22)20-18-19-14-8-7-13(21(24)25)10-15(14)27-18/h2-10H,1H3,(H,19,20,22)/b9-4+. The van der Waals surface area contributed by atoms with Gasteiger partial charge < -0.3 is 4.74 Å². The lowest BCUT2D eigenvalue weighted by Gasteiger charge is -1.99. The van der Waals surface area contributed by atoms with Crippen LogP contribution in [0.5, 0.6) is 0 Å². The van der Waals surface area contributed by atoms with Crippen LogP contribution in [0.1, 0.15) is 15.9 Å². The average molecular weight is 383 g/mol. The highest BCUT2D eigenvalue weighted by molar-refractivity contribution is 7.22. The van der Waals surface area contributed by atoms with E-state index in [4.69, 9.17) is 0 Å². The van der Waals surface area contributed by atoms with Crippen LogP contribution in [0.3, 0.4) is 0 Å². The number of fused-ring (bicyclic) bond motifs is 1. The third-order valence-electron chi connectivity index (χ3n) is 3.57. The lowest BCUT2D eigenvalue weighted by molar-refractivity contribution is -0.384. The van der Waals surface area contributed by atoms with Gasteiger partial charge in [-0.15, -0.1) is 0 Å². The lowest BCUT2D eigenvalue weighted by Crippen LogP contribution is -2.07. The zero-order valence-corrected chi connectivity index (χ0v) is 14.9. The van der Waals surface area contributed by atoms with Crippen LogP contribution in [-0.4, -0.2) is 28.9 Å². The Hall–Kier alpha value is -3.59. The van der Waals surface area contributed by atoms with Gasteiger partial charge in [-0.25, -0.2) is 9.78 Å². The SMILES string of the molecule is COC(=O)c1ccc(/C=C/C(=O)Nc2nc3ccc([N+](=O)[O-])cc3s2)cc1. The first-order valence-corrected chi connectivity index (χ1v) is 8.50. The molecule has 3 aromatic rings. The molecule has 1 amide bonds. The maximum Gasteiger partial charge on any atom is 0.337 e. The van der Waals surface area contributed by atoms with E-state index in [2.05, 4.69) is 15.0 Å². The fourth-order valence-electron chi connectivity index (χ4n) is 2.25. The summed E-state index contributed by atoms with van der Waals surface area (Å²) in [5, 5.41) is 13.8. The molecule has 1 heterocycles. The molecule has 136 valence electrons. The first kappa shape index (κ1) is 18.2. The van der Waals surface area contributed by atoms with E-state index in [9.17, 15) is 19.7 Å². The summed E-state index contributed by atoms with van der Waals surface area (Å²) in [4.78, 5) is 38.0. The quantitative estimate of drug-likeness (QED) is 0.312. The predicted molar refractivity (Wildman–Crippen MR) is 102 cm³/mol. The van der Waals surface area contributed by atoms with E-state index >= 15 is 0 Å². The van der Waals surface area contributed by atoms with Crippen LogP contribution < -0.4 is 5.32 Å². The van der Waals surface area contributed by atoms with E-state index in [-0.39, 0.29) is 11.6 Å². The number of benzene rings is 2. The number of hydrogen-bond acceptors (Lipinski definition) is 7. The second-order valence-corrected chi connectivity index (χ2v) is 6.39. The number of nitrogens with zero attached hydrogens (tertiary/aromatic N) is 2. The zero-order chi connectivity index (χ0) is 19.4. The highest BCUT2D eigenvalue weighted by Gasteiger charge is 2.11. The van der Waals surface area contributed by atoms with Crippen molar-refractivity contribution in [2.24, 2.45) is 0 Å². The van der Waals surface area contributed by atoms with Crippen molar-refractivity contribution >= 4 is 50.3 Å². The summed E-state index contributed by atoms with van der Waals surface area (Å²) < 4.78 is 5.23. The Morgan fingerprint density at radius 1 is 1.22 bits per heavy atom. The number of nitrogens with one attached hydrogen (secondary N) is 1. The van der Waals surface area contributed by atoms with Gasteiger partial charge in [-0.1, -0.05) is 23.5 Å². The molecular formula is C18H13N3O5S. The number of carbonyl (C=O) groups is 2. The second-order valence-electron chi connectivity index (χ2n) is 5.36. The average Bonchev–Trinajstić information content (AvgIpc) is 3.07. The number of non-ortho nitro benzene ring substituents is 1. The van der Waals surface area contributed by atoms with Crippen molar-refractivity contribution in [3.05, 3.63) is 69.8 Å². The van der Waals surface area contributed by atoms with Gasteiger partial charge in [0.05, 0.1) is 27.8 Å². The van der Waals surface area contributed by atoms with Crippen LogP contribution in [-0.2, 0) is 9.53 Å². The van der Waals surface area contributed by atoms with Crippen molar-refractivity contribution in [2.75, 3.05) is 12.4 Å². The van der Waals surface area contributed by atoms with Gasteiger partial charge >= 0.3 is 5.97 Å². The van der Waals surface area contributed by atoms with Crippen molar-refractivity contribution < 1.29 is 19.2 Å². The summed E-state index contributed by atoms with van der Waals surface area (Å²) in [7, 11) is 1.31. The lowest BCUT2D eigenvalue weighted by atomic mass is 10.1. The smallest absolute Gasteiger partial charge is 0.337 e. The van der Waals surface area contributed by atoms with Crippen molar-refractivity contribution in [3.8, 4) is 0 Å². The second kappa shape index (κ2) is 7.75. The molecule has 1 aromatic heterocycles. The summed E-state index contributed by atoms with van der Waals surface area (Å²) in [6.45, 7) is 0. The van der Waals surface area contributed by atoms with Gasteiger partial charge in [0.1, 0.15) is 0 Å². The van der Waals surface area contributed by atoms with Crippen molar-refractivity contribution in [1.82, 2.24) is 4.98 Å². The van der Waals surface area contributed by atoms with E-state index < -0.39 is 10.9 Å². The highest BCUT2D eigenvalue weighted by Crippen LogP contribution is 2.29. The van der Waals surface area contributed by atoms with E-state index in [1.54, 1.807) is 36.4 Å². The highest BCUT2D eigenvalue weighted by atomic mass is 32.1. The molecule has 0 bridgehead atoms. The maximum absolute atomic E-state index is 12.0. The van der Waals surface area contributed by atoms with Crippen LogP contribution >= 0.6 is 11.3 Å².